The van der Waals surface area contributed by atoms with Crippen molar-refractivity contribution in [3.8, 4) is 17.2 Å². The van der Waals surface area contributed by atoms with Crippen molar-refractivity contribution in [1.29, 1.82) is 0 Å². The SMILES string of the molecule is CCOc1cc(Br)c2cccc(OC)c2c1O. The second kappa shape index (κ2) is 4.84. The molecule has 0 aliphatic rings. The molecule has 0 spiro atoms. The van der Waals surface area contributed by atoms with Crippen molar-refractivity contribution >= 4 is 26.7 Å². The van der Waals surface area contributed by atoms with Crippen LogP contribution in [0.4, 0.5) is 0 Å². The van der Waals surface area contributed by atoms with Gasteiger partial charge in [-0.2, -0.15) is 0 Å². The molecule has 0 unspecified atom stereocenters. The monoisotopic (exact) mass is 296 g/mol. The van der Waals surface area contributed by atoms with Crippen LogP contribution in [-0.4, -0.2) is 18.8 Å². The Balaban J connectivity index is 2.80. The van der Waals surface area contributed by atoms with Crippen LogP contribution in [0.3, 0.4) is 0 Å². The summed E-state index contributed by atoms with van der Waals surface area (Å²) in [7, 11) is 1.58. The molecule has 0 heterocycles. The number of halogens is 1. The number of aromatic hydroxyl groups is 1. The molecule has 0 bridgehead atoms. The topological polar surface area (TPSA) is 38.7 Å². The van der Waals surface area contributed by atoms with E-state index in [2.05, 4.69) is 15.9 Å². The molecule has 0 saturated carbocycles. The van der Waals surface area contributed by atoms with E-state index in [9.17, 15) is 5.11 Å². The molecule has 0 radical (unpaired) electrons. The number of ether oxygens (including phenoxy) is 2. The minimum Gasteiger partial charge on any atom is -0.504 e. The Labute approximate surface area is 108 Å². The molecule has 0 amide bonds. The summed E-state index contributed by atoms with van der Waals surface area (Å²) in [6, 6.07) is 7.37. The van der Waals surface area contributed by atoms with E-state index in [1.54, 1.807) is 13.2 Å². The van der Waals surface area contributed by atoms with Crippen LogP contribution in [-0.2, 0) is 0 Å². The fraction of sp³-hybridized carbons (Fsp3) is 0.231. The first-order valence-electron chi connectivity index (χ1n) is 5.30. The number of phenols is 1. The maximum atomic E-state index is 10.2. The predicted octanol–water partition coefficient (Wildman–Crippen LogP) is 3.72. The Morgan fingerprint density at radius 2 is 2.06 bits per heavy atom. The van der Waals surface area contributed by atoms with E-state index < -0.39 is 0 Å². The summed E-state index contributed by atoms with van der Waals surface area (Å²) in [6.45, 7) is 2.38. The van der Waals surface area contributed by atoms with Crippen molar-refractivity contribution in [2.24, 2.45) is 0 Å². The number of hydrogen-bond donors (Lipinski definition) is 1. The van der Waals surface area contributed by atoms with Crippen LogP contribution in [0.2, 0.25) is 0 Å². The second-order valence-corrected chi connectivity index (χ2v) is 4.38. The van der Waals surface area contributed by atoms with Gasteiger partial charge in [0.1, 0.15) is 5.75 Å². The summed E-state index contributed by atoms with van der Waals surface area (Å²) < 4.78 is 11.5. The highest BCUT2D eigenvalue weighted by Crippen LogP contribution is 2.43. The number of benzene rings is 2. The van der Waals surface area contributed by atoms with Gasteiger partial charge in [0, 0.05) is 9.86 Å². The molecular formula is C13H13BrO3. The lowest BCUT2D eigenvalue weighted by molar-refractivity contribution is 0.319. The van der Waals surface area contributed by atoms with E-state index >= 15 is 0 Å². The molecule has 3 nitrogen and oxygen atoms in total. The Bertz CT molecular complexity index is 552. The third-order valence-corrected chi connectivity index (χ3v) is 3.19. The predicted molar refractivity (Wildman–Crippen MR) is 71.0 cm³/mol. The summed E-state index contributed by atoms with van der Waals surface area (Å²) in [5.74, 6) is 1.20. The Kier molecular flexibility index (Phi) is 3.43. The van der Waals surface area contributed by atoms with E-state index in [0.717, 1.165) is 9.86 Å². The molecule has 0 aliphatic carbocycles. The maximum absolute atomic E-state index is 10.2. The lowest BCUT2D eigenvalue weighted by Crippen LogP contribution is -1.94. The van der Waals surface area contributed by atoms with E-state index in [4.69, 9.17) is 9.47 Å². The zero-order valence-electron chi connectivity index (χ0n) is 9.66. The minimum absolute atomic E-state index is 0.113. The van der Waals surface area contributed by atoms with Crippen LogP contribution in [0, 0.1) is 0 Å². The Hall–Kier alpha value is -1.42. The normalized spacial score (nSPS) is 10.5. The molecule has 0 aliphatic heterocycles. The quantitative estimate of drug-likeness (QED) is 0.938. The van der Waals surface area contributed by atoms with Gasteiger partial charge in [0.05, 0.1) is 19.1 Å². The maximum Gasteiger partial charge on any atom is 0.169 e. The van der Waals surface area contributed by atoms with Crippen LogP contribution < -0.4 is 9.47 Å². The van der Waals surface area contributed by atoms with E-state index in [1.807, 2.05) is 25.1 Å². The van der Waals surface area contributed by atoms with Gasteiger partial charge in [-0.1, -0.05) is 28.1 Å². The van der Waals surface area contributed by atoms with E-state index in [-0.39, 0.29) is 5.75 Å². The average molecular weight is 297 g/mol. The molecule has 0 atom stereocenters. The summed E-state index contributed by atoms with van der Waals surface area (Å²) in [4.78, 5) is 0. The van der Waals surface area contributed by atoms with Crippen molar-refractivity contribution < 1.29 is 14.6 Å². The number of methoxy groups -OCH3 is 1. The molecule has 2 aromatic rings. The summed E-state index contributed by atoms with van der Waals surface area (Å²) >= 11 is 3.47. The van der Waals surface area contributed by atoms with E-state index in [0.29, 0.717) is 23.5 Å². The van der Waals surface area contributed by atoms with Gasteiger partial charge in [0.2, 0.25) is 0 Å². The minimum atomic E-state index is 0.113. The summed E-state index contributed by atoms with van der Waals surface area (Å²) in [5, 5.41) is 11.7. The molecule has 4 heteroatoms. The lowest BCUT2D eigenvalue weighted by Gasteiger charge is -2.12. The van der Waals surface area contributed by atoms with Crippen LogP contribution >= 0.6 is 15.9 Å². The Morgan fingerprint density at radius 3 is 2.71 bits per heavy atom. The molecule has 2 rings (SSSR count). The molecule has 90 valence electrons. The number of rotatable bonds is 3. The second-order valence-electron chi connectivity index (χ2n) is 3.52. The van der Waals surface area contributed by atoms with Gasteiger partial charge >= 0.3 is 0 Å². The molecule has 2 aromatic carbocycles. The smallest absolute Gasteiger partial charge is 0.169 e. The lowest BCUT2D eigenvalue weighted by atomic mass is 10.1. The first-order chi connectivity index (χ1) is 8.19. The van der Waals surface area contributed by atoms with Gasteiger partial charge in [-0.05, 0) is 19.1 Å². The number of hydrogen-bond acceptors (Lipinski definition) is 3. The molecule has 17 heavy (non-hydrogen) atoms. The zero-order chi connectivity index (χ0) is 12.4. The number of phenolic OH excluding ortho intramolecular Hbond substituents is 1. The van der Waals surface area contributed by atoms with E-state index in [1.165, 1.54) is 0 Å². The average Bonchev–Trinajstić information content (AvgIpc) is 2.35. The fourth-order valence-corrected chi connectivity index (χ4v) is 2.33. The van der Waals surface area contributed by atoms with Crippen molar-refractivity contribution in [3.63, 3.8) is 0 Å². The van der Waals surface area contributed by atoms with Gasteiger partial charge in [-0.3, -0.25) is 0 Å². The fourth-order valence-electron chi connectivity index (χ4n) is 1.79. The van der Waals surface area contributed by atoms with Crippen LogP contribution in [0.25, 0.3) is 10.8 Å². The largest absolute Gasteiger partial charge is 0.504 e. The Morgan fingerprint density at radius 1 is 1.29 bits per heavy atom. The first kappa shape index (κ1) is 12.0. The van der Waals surface area contributed by atoms with Gasteiger partial charge in [-0.25, -0.2) is 0 Å². The first-order valence-corrected chi connectivity index (χ1v) is 6.09. The van der Waals surface area contributed by atoms with Gasteiger partial charge in [-0.15, -0.1) is 0 Å². The highest BCUT2D eigenvalue weighted by molar-refractivity contribution is 9.10. The van der Waals surface area contributed by atoms with Crippen LogP contribution in [0.15, 0.2) is 28.7 Å². The highest BCUT2D eigenvalue weighted by Gasteiger charge is 2.14. The molecular weight excluding hydrogens is 284 g/mol. The molecule has 1 N–H and O–H groups in total. The van der Waals surface area contributed by atoms with Gasteiger partial charge in [0.25, 0.3) is 0 Å². The third-order valence-electron chi connectivity index (χ3n) is 2.53. The standard InChI is InChI=1S/C13H13BrO3/c1-3-17-11-7-9(14)8-5-4-6-10(16-2)12(8)13(11)15/h4-7,15H,3H2,1-2H3. The molecule has 0 saturated heterocycles. The summed E-state index contributed by atoms with van der Waals surface area (Å²) in [6.07, 6.45) is 0. The molecule has 0 fully saturated rings. The molecule has 0 aromatic heterocycles. The van der Waals surface area contributed by atoms with Crippen molar-refractivity contribution in [2.75, 3.05) is 13.7 Å². The van der Waals surface area contributed by atoms with Gasteiger partial charge in [0.15, 0.2) is 11.5 Å². The summed E-state index contributed by atoms with van der Waals surface area (Å²) in [5.41, 5.74) is 0. The third kappa shape index (κ3) is 2.05. The van der Waals surface area contributed by atoms with Crippen molar-refractivity contribution in [3.05, 3.63) is 28.7 Å². The zero-order valence-corrected chi connectivity index (χ0v) is 11.2. The van der Waals surface area contributed by atoms with Crippen molar-refractivity contribution in [1.82, 2.24) is 0 Å². The van der Waals surface area contributed by atoms with Crippen molar-refractivity contribution in [2.45, 2.75) is 6.92 Å². The van der Waals surface area contributed by atoms with Crippen LogP contribution in [0.5, 0.6) is 17.2 Å². The van der Waals surface area contributed by atoms with Gasteiger partial charge < -0.3 is 14.6 Å². The van der Waals surface area contributed by atoms with Crippen LogP contribution in [0.1, 0.15) is 6.92 Å². The highest BCUT2D eigenvalue weighted by atomic mass is 79.9. The number of fused-ring (bicyclic) bond motifs is 1.